The molecule has 3 N–H and O–H groups in total. The van der Waals surface area contributed by atoms with Gasteiger partial charge in [0.2, 0.25) is 5.91 Å². The maximum Gasteiger partial charge on any atom is 0.326 e. The van der Waals surface area contributed by atoms with Crippen LogP contribution in [0.1, 0.15) is 27.2 Å². The molecule has 0 radical (unpaired) electrons. The summed E-state index contributed by atoms with van der Waals surface area (Å²) in [7, 11) is 1.48. The standard InChI is InChI=1S/C12H23N3O4/c1-5-8(3)10(11(17)18)14-12(19)15(6-2)7-9(16)13-4/h8,10H,5-7H2,1-4H3,(H,13,16)(H,14,19)(H,17,18)/t8?,10-/m0/s1. The van der Waals surface area contributed by atoms with Crippen LogP contribution in [0, 0.1) is 5.92 Å². The van der Waals surface area contributed by atoms with Gasteiger partial charge in [-0.15, -0.1) is 0 Å². The number of carbonyl (C=O) groups is 3. The lowest BCUT2D eigenvalue weighted by Gasteiger charge is -2.25. The van der Waals surface area contributed by atoms with Crippen molar-refractivity contribution >= 4 is 17.9 Å². The normalized spacial score (nSPS) is 13.3. The van der Waals surface area contributed by atoms with Gasteiger partial charge in [-0.2, -0.15) is 0 Å². The Morgan fingerprint density at radius 1 is 1.26 bits per heavy atom. The highest BCUT2D eigenvalue weighted by atomic mass is 16.4. The number of aliphatic carboxylic acids is 1. The summed E-state index contributed by atoms with van der Waals surface area (Å²) in [5.74, 6) is -1.55. The van der Waals surface area contributed by atoms with Crippen LogP contribution in [-0.4, -0.2) is 54.1 Å². The first-order valence-electron chi connectivity index (χ1n) is 6.36. The number of likely N-dealkylation sites (N-methyl/N-ethyl adjacent to an activating group) is 2. The molecular weight excluding hydrogens is 250 g/mol. The lowest BCUT2D eigenvalue weighted by atomic mass is 9.99. The number of amides is 3. The molecule has 0 bridgehead atoms. The smallest absolute Gasteiger partial charge is 0.326 e. The van der Waals surface area contributed by atoms with Gasteiger partial charge in [-0.05, 0) is 12.8 Å². The van der Waals surface area contributed by atoms with Crippen molar-refractivity contribution in [3.05, 3.63) is 0 Å². The highest BCUT2D eigenvalue weighted by molar-refractivity contribution is 5.86. The fourth-order valence-corrected chi connectivity index (χ4v) is 1.49. The number of nitrogens with zero attached hydrogens (tertiary/aromatic N) is 1. The van der Waals surface area contributed by atoms with Crippen molar-refractivity contribution in [2.45, 2.75) is 33.2 Å². The second-order valence-corrected chi connectivity index (χ2v) is 4.34. The molecule has 0 heterocycles. The van der Waals surface area contributed by atoms with Crippen LogP contribution >= 0.6 is 0 Å². The molecule has 0 aliphatic rings. The molecule has 7 nitrogen and oxygen atoms in total. The van der Waals surface area contributed by atoms with Gasteiger partial charge in [-0.1, -0.05) is 20.3 Å². The lowest BCUT2D eigenvalue weighted by Crippen LogP contribution is -2.52. The number of rotatable bonds is 7. The predicted molar refractivity (Wildman–Crippen MR) is 70.7 cm³/mol. The molecule has 0 aliphatic heterocycles. The molecule has 0 aromatic carbocycles. The average Bonchev–Trinajstić information content (AvgIpc) is 2.40. The first-order chi connectivity index (χ1) is 8.87. The van der Waals surface area contributed by atoms with Gasteiger partial charge >= 0.3 is 12.0 Å². The number of hydrogen-bond donors (Lipinski definition) is 3. The first kappa shape index (κ1) is 17.2. The van der Waals surface area contributed by atoms with Crippen molar-refractivity contribution in [2.75, 3.05) is 20.1 Å². The van der Waals surface area contributed by atoms with Gasteiger partial charge in [0.15, 0.2) is 0 Å². The highest BCUT2D eigenvalue weighted by Crippen LogP contribution is 2.08. The molecule has 0 aliphatic carbocycles. The number of carboxylic acids is 1. The van der Waals surface area contributed by atoms with E-state index >= 15 is 0 Å². The topological polar surface area (TPSA) is 98.7 Å². The Hall–Kier alpha value is -1.79. The summed E-state index contributed by atoms with van der Waals surface area (Å²) in [4.78, 5) is 35.6. The number of hydrogen-bond acceptors (Lipinski definition) is 3. The van der Waals surface area contributed by atoms with E-state index in [1.165, 1.54) is 11.9 Å². The molecule has 0 saturated heterocycles. The summed E-state index contributed by atoms with van der Waals surface area (Å²) in [6, 6.07) is -1.49. The van der Waals surface area contributed by atoms with E-state index in [0.29, 0.717) is 13.0 Å². The zero-order chi connectivity index (χ0) is 15.0. The van der Waals surface area contributed by atoms with Gasteiger partial charge in [-0.3, -0.25) is 4.79 Å². The molecule has 0 rings (SSSR count). The zero-order valence-electron chi connectivity index (χ0n) is 11.9. The van der Waals surface area contributed by atoms with Crippen LogP contribution in [-0.2, 0) is 9.59 Å². The second-order valence-electron chi connectivity index (χ2n) is 4.34. The van der Waals surface area contributed by atoms with E-state index in [4.69, 9.17) is 5.11 Å². The minimum Gasteiger partial charge on any atom is -0.480 e. The molecule has 0 spiro atoms. The van der Waals surface area contributed by atoms with Crippen LogP contribution in [0.4, 0.5) is 4.79 Å². The second kappa shape index (κ2) is 8.34. The molecule has 0 aromatic heterocycles. The summed E-state index contributed by atoms with van der Waals surface area (Å²) in [5.41, 5.74) is 0. The van der Waals surface area contributed by atoms with E-state index in [0.717, 1.165) is 0 Å². The molecular formula is C12H23N3O4. The summed E-state index contributed by atoms with van der Waals surface area (Å²) in [5, 5.41) is 14.0. The van der Waals surface area contributed by atoms with Crippen molar-refractivity contribution in [1.82, 2.24) is 15.5 Å². The Balaban J connectivity index is 4.68. The lowest BCUT2D eigenvalue weighted by molar-refractivity contribution is -0.140. The molecule has 0 fully saturated rings. The molecule has 2 atom stereocenters. The maximum absolute atomic E-state index is 11.9. The third-order valence-corrected chi connectivity index (χ3v) is 3.04. The number of urea groups is 1. The van der Waals surface area contributed by atoms with Crippen molar-refractivity contribution in [3.63, 3.8) is 0 Å². The highest BCUT2D eigenvalue weighted by Gasteiger charge is 2.27. The van der Waals surface area contributed by atoms with Crippen molar-refractivity contribution in [1.29, 1.82) is 0 Å². The Labute approximate surface area is 113 Å². The van der Waals surface area contributed by atoms with E-state index in [-0.39, 0.29) is 18.4 Å². The van der Waals surface area contributed by atoms with E-state index in [1.54, 1.807) is 13.8 Å². The number of carboxylic acid groups (broad SMARTS) is 1. The van der Waals surface area contributed by atoms with Gasteiger partial charge in [0.25, 0.3) is 0 Å². The van der Waals surface area contributed by atoms with E-state index in [2.05, 4.69) is 10.6 Å². The predicted octanol–water partition coefficient (Wildman–Crippen LogP) is 0.263. The van der Waals surface area contributed by atoms with Gasteiger partial charge in [0.1, 0.15) is 12.6 Å². The molecule has 110 valence electrons. The Bertz CT molecular complexity index is 333. The van der Waals surface area contributed by atoms with Crippen LogP contribution in [0.5, 0.6) is 0 Å². The van der Waals surface area contributed by atoms with Crippen molar-refractivity contribution < 1.29 is 19.5 Å². The van der Waals surface area contributed by atoms with Gasteiger partial charge < -0.3 is 20.6 Å². The first-order valence-corrected chi connectivity index (χ1v) is 6.36. The summed E-state index contributed by atoms with van der Waals surface area (Å²) in [6.07, 6.45) is 0.638. The van der Waals surface area contributed by atoms with Crippen molar-refractivity contribution in [2.24, 2.45) is 5.92 Å². The zero-order valence-corrected chi connectivity index (χ0v) is 11.9. The van der Waals surface area contributed by atoms with Crippen LogP contribution in [0.2, 0.25) is 0 Å². The quantitative estimate of drug-likeness (QED) is 0.619. The van der Waals surface area contributed by atoms with Gasteiger partial charge in [0.05, 0.1) is 0 Å². The van der Waals surface area contributed by atoms with Crippen LogP contribution < -0.4 is 10.6 Å². The summed E-state index contributed by atoms with van der Waals surface area (Å²) >= 11 is 0. The van der Waals surface area contributed by atoms with E-state index in [1.807, 2.05) is 6.92 Å². The maximum atomic E-state index is 11.9. The van der Waals surface area contributed by atoms with Gasteiger partial charge in [0, 0.05) is 13.6 Å². The third kappa shape index (κ3) is 5.58. The fraction of sp³-hybridized carbons (Fsp3) is 0.750. The molecule has 0 aromatic rings. The molecule has 3 amide bonds. The molecule has 19 heavy (non-hydrogen) atoms. The molecule has 1 unspecified atom stereocenters. The Kier molecular flexibility index (Phi) is 7.55. The number of nitrogens with one attached hydrogen (secondary N) is 2. The largest absolute Gasteiger partial charge is 0.480 e. The van der Waals surface area contributed by atoms with Gasteiger partial charge in [-0.25, -0.2) is 9.59 Å². The summed E-state index contributed by atoms with van der Waals surface area (Å²) < 4.78 is 0. The SMILES string of the molecule is CCC(C)[C@H](NC(=O)N(CC)CC(=O)NC)C(=O)O. The Morgan fingerprint density at radius 2 is 1.84 bits per heavy atom. The average molecular weight is 273 g/mol. The Morgan fingerprint density at radius 3 is 2.21 bits per heavy atom. The van der Waals surface area contributed by atoms with Crippen LogP contribution in [0.15, 0.2) is 0 Å². The fourth-order valence-electron chi connectivity index (χ4n) is 1.49. The monoisotopic (exact) mass is 273 g/mol. The minimum absolute atomic E-state index is 0.0916. The van der Waals surface area contributed by atoms with Crippen LogP contribution in [0.25, 0.3) is 0 Å². The molecule has 0 saturated carbocycles. The van der Waals surface area contributed by atoms with E-state index < -0.39 is 18.0 Å². The van der Waals surface area contributed by atoms with E-state index in [9.17, 15) is 14.4 Å². The minimum atomic E-state index is -1.07. The number of carbonyl (C=O) groups excluding carboxylic acids is 2. The van der Waals surface area contributed by atoms with Crippen LogP contribution in [0.3, 0.4) is 0 Å². The third-order valence-electron chi connectivity index (χ3n) is 3.04. The molecule has 7 heteroatoms. The van der Waals surface area contributed by atoms with Crippen molar-refractivity contribution in [3.8, 4) is 0 Å². The summed E-state index contributed by atoms with van der Waals surface area (Å²) in [6.45, 7) is 5.57.